The molecule has 0 aliphatic carbocycles. The molecule has 4 nitrogen and oxygen atoms in total. The monoisotopic (exact) mass is 258 g/mol. The first kappa shape index (κ1) is 14.4. The van der Waals surface area contributed by atoms with E-state index in [4.69, 9.17) is 4.74 Å². The van der Waals surface area contributed by atoms with E-state index in [9.17, 15) is 13.6 Å². The van der Waals surface area contributed by atoms with Gasteiger partial charge in [-0.25, -0.2) is 19.0 Å². The van der Waals surface area contributed by atoms with Crippen LogP contribution < -0.4 is 10.9 Å². The average Bonchev–Trinajstić information content (AvgIpc) is 2.19. The number of ether oxygens (including phenoxy) is 1. The molecule has 0 atom stereocenters. The number of hydrogen-bond acceptors (Lipinski definition) is 3. The van der Waals surface area contributed by atoms with E-state index >= 15 is 0 Å². The molecule has 100 valence electrons. The lowest BCUT2D eigenvalue weighted by atomic mass is 10.2. The van der Waals surface area contributed by atoms with Crippen molar-refractivity contribution in [2.45, 2.75) is 32.9 Å². The van der Waals surface area contributed by atoms with Crippen molar-refractivity contribution in [3.8, 4) is 0 Å². The van der Waals surface area contributed by atoms with Crippen molar-refractivity contribution in [1.82, 2.24) is 10.9 Å². The topological polar surface area (TPSA) is 50.4 Å². The molecule has 2 N–H and O–H groups in total. The summed E-state index contributed by atoms with van der Waals surface area (Å²) in [6, 6.07) is 3.57. The van der Waals surface area contributed by atoms with Gasteiger partial charge in [0.25, 0.3) is 0 Å². The lowest BCUT2D eigenvalue weighted by Gasteiger charge is -2.19. The van der Waals surface area contributed by atoms with Gasteiger partial charge in [0.1, 0.15) is 17.2 Å². The van der Waals surface area contributed by atoms with Gasteiger partial charge in [0.2, 0.25) is 0 Å². The fourth-order valence-corrected chi connectivity index (χ4v) is 1.21. The maximum absolute atomic E-state index is 13.2. The SMILES string of the molecule is CC(C)(C)OC(=O)NNCc1c(F)cccc1F. The van der Waals surface area contributed by atoms with Crippen LogP contribution in [0.5, 0.6) is 0 Å². The molecule has 0 aliphatic rings. The predicted molar refractivity (Wildman–Crippen MR) is 62.6 cm³/mol. The van der Waals surface area contributed by atoms with Gasteiger partial charge >= 0.3 is 6.09 Å². The first-order chi connectivity index (χ1) is 8.29. The molecule has 1 rings (SSSR count). The minimum Gasteiger partial charge on any atom is -0.443 e. The lowest BCUT2D eigenvalue weighted by Crippen LogP contribution is -2.41. The van der Waals surface area contributed by atoms with E-state index in [2.05, 4.69) is 10.9 Å². The molecule has 1 aromatic rings. The van der Waals surface area contributed by atoms with Crippen LogP contribution in [-0.4, -0.2) is 11.7 Å². The molecule has 0 unspecified atom stereocenters. The number of rotatable bonds is 3. The number of benzene rings is 1. The van der Waals surface area contributed by atoms with E-state index in [0.717, 1.165) is 12.1 Å². The quantitative estimate of drug-likeness (QED) is 0.819. The zero-order valence-electron chi connectivity index (χ0n) is 10.5. The summed E-state index contributed by atoms with van der Waals surface area (Å²) in [4.78, 5) is 11.2. The van der Waals surface area contributed by atoms with Gasteiger partial charge in [0.05, 0.1) is 0 Å². The molecule has 1 amide bonds. The zero-order valence-corrected chi connectivity index (χ0v) is 10.5. The number of hydrazine groups is 1. The van der Waals surface area contributed by atoms with Crippen molar-refractivity contribution in [1.29, 1.82) is 0 Å². The Morgan fingerprint density at radius 3 is 2.33 bits per heavy atom. The number of halogens is 2. The molecule has 0 fully saturated rings. The zero-order chi connectivity index (χ0) is 13.8. The van der Waals surface area contributed by atoms with E-state index in [1.807, 2.05) is 0 Å². The van der Waals surface area contributed by atoms with E-state index in [1.54, 1.807) is 20.8 Å². The van der Waals surface area contributed by atoms with E-state index in [1.165, 1.54) is 6.07 Å². The van der Waals surface area contributed by atoms with Gasteiger partial charge in [-0.3, -0.25) is 5.43 Å². The summed E-state index contributed by atoms with van der Waals surface area (Å²) >= 11 is 0. The molecule has 0 aromatic heterocycles. The second-order valence-electron chi connectivity index (χ2n) is 4.68. The lowest BCUT2D eigenvalue weighted by molar-refractivity contribution is 0.0496. The van der Waals surface area contributed by atoms with E-state index in [0.29, 0.717) is 0 Å². The van der Waals surface area contributed by atoms with Gasteiger partial charge in [-0.15, -0.1) is 0 Å². The van der Waals surface area contributed by atoms with Gasteiger partial charge in [0.15, 0.2) is 0 Å². The van der Waals surface area contributed by atoms with Crippen molar-refractivity contribution in [2.75, 3.05) is 0 Å². The molecule has 0 radical (unpaired) electrons. The molecule has 0 heterocycles. The van der Waals surface area contributed by atoms with Crippen LogP contribution in [0.4, 0.5) is 13.6 Å². The Hall–Kier alpha value is -1.69. The second-order valence-corrected chi connectivity index (χ2v) is 4.68. The molecule has 0 saturated heterocycles. The average molecular weight is 258 g/mol. The maximum Gasteiger partial charge on any atom is 0.422 e. The summed E-state index contributed by atoms with van der Waals surface area (Å²) < 4.78 is 31.4. The van der Waals surface area contributed by atoms with Gasteiger partial charge in [-0.2, -0.15) is 0 Å². The number of carbonyl (C=O) groups is 1. The molecule has 18 heavy (non-hydrogen) atoms. The Kier molecular flexibility index (Phi) is 4.61. The predicted octanol–water partition coefficient (Wildman–Crippen LogP) is 2.49. The fourth-order valence-electron chi connectivity index (χ4n) is 1.21. The second kappa shape index (κ2) is 5.77. The third kappa shape index (κ3) is 4.67. The van der Waals surface area contributed by atoms with Crippen molar-refractivity contribution in [2.24, 2.45) is 0 Å². The van der Waals surface area contributed by atoms with Gasteiger partial charge < -0.3 is 4.74 Å². The Bertz CT molecular complexity index is 410. The van der Waals surface area contributed by atoms with Crippen LogP contribution in [0.15, 0.2) is 18.2 Å². The molecular formula is C12H16F2N2O2. The number of amides is 1. The fraction of sp³-hybridized carbons (Fsp3) is 0.417. The molecule has 6 heteroatoms. The third-order valence-electron chi connectivity index (χ3n) is 1.92. The molecule has 1 aromatic carbocycles. The molecule has 0 spiro atoms. The van der Waals surface area contributed by atoms with Crippen molar-refractivity contribution < 1.29 is 18.3 Å². The largest absolute Gasteiger partial charge is 0.443 e. The molecule has 0 saturated carbocycles. The smallest absolute Gasteiger partial charge is 0.422 e. The minimum atomic E-state index is -0.709. The maximum atomic E-state index is 13.2. The molecular weight excluding hydrogens is 242 g/mol. The van der Waals surface area contributed by atoms with Crippen LogP contribution in [0, 0.1) is 11.6 Å². The highest BCUT2D eigenvalue weighted by atomic mass is 19.1. The number of hydrogen-bond donors (Lipinski definition) is 2. The van der Waals surface area contributed by atoms with Crippen LogP contribution >= 0.6 is 0 Å². The van der Waals surface area contributed by atoms with E-state index in [-0.39, 0.29) is 12.1 Å². The minimum absolute atomic E-state index is 0.145. The number of carbonyl (C=O) groups excluding carboxylic acids is 1. The van der Waals surface area contributed by atoms with Crippen LogP contribution in [0.3, 0.4) is 0 Å². The van der Waals surface area contributed by atoms with Crippen molar-refractivity contribution in [3.05, 3.63) is 35.4 Å². The van der Waals surface area contributed by atoms with Gasteiger partial charge in [-0.1, -0.05) is 6.07 Å². The number of nitrogens with one attached hydrogen (secondary N) is 2. The first-order valence-electron chi connectivity index (χ1n) is 5.44. The Balaban J connectivity index is 2.45. The standard InChI is InChI=1S/C12H16F2N2O2/c1-12(2,3)18-11(17)16-15-7-8-9(13)5-4-6-10(8)14/h4-6,15H,7H2,1-3H3,(H,16,17). The van der Waals surface area contributed by atoms with Crippen molar-refractivity contribution in [3.63, 3.8) is 0 Å². The van der Waals surface area contributed by atoms with Crippen LogP contribution in [0.1, 0.15) is 26.3 Å². The van der Waals surface area contributed by atoms with Crippen molar-refractivity contribution >= 4 is 6.09 Å². The summed E-state index contributed by atoms with van der Waals surface area (Å²) in [5.74, 6) is -1.35. The Labute approximate surface area is 104 Å². The van der Waals surface area contributed by atoms with Crippen LogP contribution in [0.25, 0.3) is 0 Å². The highest BCUT2D eigenvalue weighted by Gasteiger charge is 2.16. The van der Waals surface area contributed by atoms with Gasteiger partial charge in [-0.05, 0) is 32.9 Å². The Morgan fingerprint density at radius 1 is 1.28 bits per heavy atom. The summed E-state index contributed by atoms with van der Waals surface area (Å²) in [6.07, 6.45) is -0.709. The highest BCUT2D eigenvalue weighted by molar-refractivity contribution is 5.66. The summed E-state index contributed by atoms with van der Waals surface area (Å²) in [5.41, 5.74) is 3.82. The normalized spacial score (nSPS) is 11.2. The van der Waals surface area contributed by atoms with Crippen LogP contribution in [0.2, 0.25) is 0 Å². The summed E-state index contributed by atoms with van der Waals surface area (Å²) in [5, 5.41) is 0. The van der Waals surface area contributed by atoms with E-state index < -0.39 is 23.3 Å². The highest BCUT2D eigenvalue weighted by Crippen LogP contribution is 2.11. The first-order valence-corrected chi connectivity index (χ1v) is 5.44. The molecule has 0 aliphatic heterocycles. The Morgan fingerprint density at radius 2 is 1.83 bits per heavy atom. The van der Waals surface area contributed by atoms with Gasteiger partial charge in [0, 0.05) is 12.1 Å². The van der Waals surface area contributed by atoms with Crippen LogP contribution in [-0.2, 0) is 11.3 Å². The third-order valence-corrected chi connectivity index (χ3v) is 1.92. The summed E-state index contributed by atoms with van der Waals surface area (Å²) in [6.45, 7) is 4.97. The summed E-state index contributed by atoms with van der Waals surface area (Å²) in [7, 11) is 0. The molecule has 0 bridgehead atoms.